The van der Waals surface area contributed by atoms with Gasteiger partial charge in [-0.05, 0) is 55.4 Å². The summed E-state index contributed by atoms with van der Waals surface area (Å²) in [5.41, 5.74) is 7.19. The van der Waals surface area contributed by atoms with Crippen LogP contribution in [0.2, 0.25) is 0 Å². The standard InChI is InChI=1S/C33H34BN3O4/c1-32(2)33(3,4)41-34(40-32)24(18-23-19-36-37-30(23)22-12-6-5-7-13-22)20-35-31(38)39-21-29-27-16-10-8-14-25(27)26-15-9-11-17-28(26)29/h5-19,29H,20-21H2,1-4H3,(H,35,38)(H,36,37). The molecule has 1 aliphatic carbocycles. The zero-order valence-corrected chi connectivity index (χ0v) is 23.8. The van der Waals surface area contributed by atoms with Crippen LogP contribution in [-0.2, 0) is 14.0 Å². The summed E-state index contributed by atoms with van der Waals surface area (Å²) in [4.78, 5) is 13.0. The molecule has 0 saturated carbocycles. The largest absolute Gasteiger partial charge is 0.492 e. The molecule has 1 fully saturated rings. The minimum absolute atomic E-state index is 0.00868. The molecule has 0 spiro atoms. The van der Waals surface area contributed by atoms with Crippen molar-refractivity contribution in [1.82, 2.24) is 15.5 Å². The van der Waals surface area contributed by atoms with Crippen molar-refractivity contribution in [2.24, 2.45) is 0 Å². The number of hydrogen-bond acceptors (Lipinski definition) is 5. The minimum Gasteiger partial charge on any atom is -0.449 e. The highest BCUT2D eigenvalue weighted by Crippen LogP contribution is 2.44. The summed E-state index contributed by atoms with van der Waals surface area (Å²) in [6.07, 6.45) is 3.24. The van der Waals surface area contributed by atoms with Crippen molar-refractivity contribution >= 4 is 19.3 Å². The molecule has 0 unspecified atom stereocenters. The Kier molecular flexibility index (Phi) is 7.05. The topological polar surface area (TPSA) is 85.5 Å². The first-order valence-electron chi connectivity index (χ1n) is 14.0. The fourth-order valence-corrected chi connectivity index (χ4v) is 5.46. The van der Waals surface area contributed by atoms with Gasteiger partial charge in [-0.1, -0.05) is 84.9 Å². The molecule has 1 aliphatic heterocycles. The molecule has 7 nitrogen and oxygen atoms in total. The third-order valence-corrected chi connectivity index (χ3v) is 8.41. The lowest BCUT2D eigenvalue weighted by atomic mass is 9.77. The summed E-state index contributed by atoms with van der Waals surface area (Å²) >= 11 is 0. The fourth-order valence-electron chi connectivity index (χ4n) is 5.46. The molecule has 8 heteroatoms. The Morgan fingerprint density at radius 2 is 1.51 bits per heavy atom. The van der Waals surface area contributed by atoms with Gasteiger partial charge < -0.3 is 19.4 Å². The lowest BCUT2D eigenvalue weighted by Crippen LogP contribution is -2.41. The Labute approximate surface area is 241 Å². The van der Waals surface area contributed by atoms with E-state index in [0.717, 1.165) is 22.3 Å². The van der Waals surface area contributed by atoms with Crippen LogP contribution in [0.3, 0.4) is 0 Å². The first-order chi connectivity index (χ1) is 19.7. The van der Waals surface area contributed by atoms with Crippen molar-refractivity contribution in [2.75, 3.05) is 13.2 Å². The summed E-state index contributed by atoms with van der Waals surface area (Å²) < 4.78 is 18.5. The van der Waals surface area contributed by atoms with Gasteiger partial charge in [0.15, 0.2) is 0 Å². The normalized spacial score (nSPS) is 17.3. The number of carbonyl (C=O) groups is 1. The van der Waals surface area contributed by atoms with Gasteiger partial charge in [0, 0.05) is 23.6 Å². The number of ether oxygens (including phenoxy) is 1. The molecule has 0 atom stereocenters. The highest BCUT2D eigenvalue weighted by atomic mass is 16.7. The molecule has 1 saturated heterocycles. The van der Waals surface area contributed by atoms with Gasteiger partial charge in [-0.3, -0.25) is 5.10 Å². The Morgan fingerprint density at radius 3 is 2.15 bits per heavy atom. The van der Waals surface area contributed by atoms with E-state index in [0.29, 0.717) is 0 Å². The zero-order chi connectivity index (χ0) is 28.6. The summed E-state index contributed by atoms with van der Waals surface area (Å²) in [5, 5.41) is 10.3. The minimum atomic E-state index is -0.646. The maximum absolute atomic E-state index is 13.0. The first-order valence-corrected chi connectivity index (χ1v) is 14.0. The van der Waals surface area contributed by atoms with Crippen LogP contribution in [-0.4, -0.2) is 47.8 Å². The van der Waals surface area contributed by atoms with Crippen LogP contribution in [0.4, 0.5) is 4.79 Å². The van der Waals surface area contributed by atoms with Crippen LogP contribution >= 0.6 is 0 Å². The van der Waals surface area contributed by atoms with Gasteiger partial charge in [-0.15, -0.1) is 0 Å². The molecule has 0 bridgehead atoms. The second-order valence-corrected chi connectivity index (χ2v) is 11.6. The predicted octanol–water partition coefficient (Wildman–Crippen LogP) is 6.63. The van der Waals surface area contributed by atoms with E-state index in [9.17, 15) is 4.79 Å². The van der Waals surface area contributed by atoms with Crippen LogP contribution in [0, 0.1) is 0 Å². The smallest absolute Gasteiger partial charge is 0.449 e. The highest BCUT2D eigenvalue weighted by Gasteiger charge is 2.52. The van der Waals surface area contributed by atoms with Crippen molar-refractivity contribution in [2.45, 2.75) is 44.8 Å². The van der Waals surface area contributed by atoms with E-state index in [-0.39, 0.29) is 19.1 Å². The van der Waals surface area contributed by atoms with Gasteiger partial charge in [-0.2, -0.15) is 5.10 Å². The third-order valence-electron chi connectivity index (χ3n) is 8.41. The number of amides is 1. The van der Waals surface area contributed by atoms with Crippen molar-refractivity contribution in [3.63, 3.8) is 0 Å². The first kappa shape index (κ1) is 27.1. The van der Waals surface area contributed by atoms with E-state index >= 15 is 0 Å². The van der Waals surface area contributed by atoms with E-state index < -0.39 is 24.4 Å². The average molecular weight is 547 g/mol. The molecule has 2 heterocycles. The van der Waals surface area contributed by atoms with Crippen LogP contribution in [0.15, 0.2) is 90.5 Å². The molecule has 6 rings (SSSR count). The number of nitrogens with one attached hydrogen (secondary N) is 2. The van der Waals surface area contributed by atoms with E-state index in [4.69, 9.17) is 14.0 Å². The average Bonchev–Trinajstić information content (AvgIpc) is 3.62. The zero-order valence-electron chi connectivity index (χ0n) is 23.8. The molecular formula is C33H34BN3O4. The molecular weight excluding hydrogens is 513 g/mol. The molecule has 2 aliphatic rings. The molecule has 3 aromatic carbocycles. The van der Waals surface area contributed by atoms with Crippen molar-refractivity contribution in [3.05, 3.63) is 107 Å². The van der Waals surface area contributed by atoms with Gasteiger partial charge in [0.1, 0.15) is 6.61 Å². The number of aromatic nitrogens is 2. The number of nitrogens with zero attached hydrogens (tertiary/aromatic N) is 1. The summed E-state index contributed by atoms with van der Waals surface area (Å²) in [6.45, 7) is 8.48. The molecule has 1 amide bonds. The lowest BCUT2D eigenvalue weighted by molar-refractivity contribution is 0.00578. The molecule has 0 radical (unpaired) electrons. The second kappa shape index (κ2) is 10.7. The summed E-state index contributed by atoms with van der Waals surface area (Å²) in [5.74, 6) is -0.00868. The quantitative estimate of drug-likeness (QED) is 0.254. The second-order valence-electron chi connectivity index (χ2n) is 11.6. The predicted molar refractivity (Wildman–Crippen MR) is 161 cm³/mol. The monoisotopic (exact) mass is 547 g/mol. The van der Waals surface area contributed by atoms with Crippen molar-refractivity contribution in [1.29, 1.82) is 0 Å². The lowest BCUT2D eigenvalue weighted by Gasteiger charge is -2.32. The molecule has 4 aromatic rings. The van der Waals surface area contributed by atoms with Crippen LogP contribution in [0.1, 0.15) is 50.3 Å². The number of rotatable bonds is 7. The van der Waals surface area contributed by atoms with Gasteiger partial charge in [0.2, 0.25) is 0 Å². The number of benzene rings is 3. The summed E-state index contributed by atoms with van der Waals surface area (Å²) in [6, 6.07) is 26.6. The van der Waals surface area contributed by atoms with E-state index in [1.54, 1.807) is 6.20 Å². The fraction of sp³-hybridized carbons (Fsp3) is 0.273. The van der Waals surface area contributed by atoms with Crippen LogP contribution in [0.25, 0.3) is 28.5 Å². The van der Waals surface area contributed by atoms with E-state index in [1.807, 2.05) is 88.4 Å². The van der Waals surface area contributed by atoms with Crippen molar-refractivity contribution < 1.29 is 18.8 Å². The highest BCUT2D eigenvalue weighted by molar-refractivity contribution is 6.56. The van der Waals surface area contributed by atoms with Gasteiger partial charge in [0.25, 0.3) is 0 Å². The van der Waals surface area contributed by atoms with Crippen LogP contribution < -0.4 is 5.32 Å². The Hall–Kier alpha value is -4.14. The van der Waals surface area contributed by atoms with Crippen LogP contribution in [0.5, 0.6) is 0 Å². The molecule has 41 heavy (non-hydrogen) atoms. The van der Waals surface area contributed by atoms with Gasteiger partial charge >= 0.3 is 13.2 Å². The number of hydrogen-bond donors (Lipinski definition) is 2. The van der Waals surface area contributed by atoms with Crippen molar-refractivity contribution in [3.8, 4) is 22.4 Å². The Morgan fingerprint density at radius 1 is 0.927 bits per heavy atom. The van der Waals surface area contributed by atoms with Gasteiger partial charge in [0.05, 0.1) is 23.1 Å². The number of aromatic amines is 1. The Bertz CT molecular complexity index is 1530. The maximum atomic E-state index is 13.0. The summed E-state index contributed by atoms with van der Waals surface area (Å²) in [7, 11) is -0.646. The van der Waals surface area contributed by atoms with E-state index in [1.165, 1.54) is 22.3 Å². The SMILES string of the molecule is CC1(C)OB(C(=Cc2cn[nH]c2-c2ccccc2)CNC(=O)OCC2c3ccccc3-c3ccccc32)OC1(C)C. The number of H-pyrrole nitrogens is 1. The molecule has 208 valence electrons. The molecule has 2 N–H and O–H groups in total. The van der Waals surface area contributed by atoms with Gasteiger partial charge in [-0.25, -0.2) is 4.79 Å². The van der Waals surface area contributed by atoms with E-state index in [2.05, 4.69) is 39.8 Å². The Balaban J connectivity index is 1.20. The maximum Gasteiger partial charge on any atom is 0.492 e. The third kappa shape index (κ3) is 5.21. The molecule has 1 aromatic heterocycles. The number of carbonyl (C=O) groups excluding carboxylic acids is 1. The number of alkyl carbamates (subject to hydrolysis) is 1. The number of fused-ring (bicyclic) bond motifs is 3.